The largest absolute Gasteiger partial charge is 0.394 e. The Hall–Kier alpha value is -1.40. The van der Waals surface area contributed by atoms with E-state index in [0.29, 0.717) is 12.8 Å². The summed E-state index contributed by atoms with van der Waals surface area (Å²) in [6, 6.07) is -0.0166. The van der Waals surface area contributed by atoms with Crippen LogP contribution in [0.4, 0.5) is 0 Å². The van der Waals surface area contributed by atoms with E-state index < -0.39 is 0 Å². The second-order valence-electron chi connectivity index (χ2n) is 5.95. The number of ether oxygens (including phenoxy) is 1. The van der Waals surface area contributed by atoms with Crippen molar-refractivity contribution in [2.24, 2.45) is 11.8 Å². The molecule has 3 N–H and O–H groups in total. The van der Waals surface area contributed by atoms with Crippen molar-refractivity contribution in [2.45, 2.75) is 51.9 Å². The number of nitrogens with one attached hydrogen (secondary N) is 2. The highest BCUT2D eigenvalue weighted by atomic mass is 16.5. The second kappa shape index (κ2) is 7.04. The number of H-pyrrole nitrogens is 1. The van der Waals surface area contributed by atoms with E-state index in [1.54, 1.807) is 12.5 Å². The van der Waals surface area contributed by atoms with Crippen LogP contribution in [0.5, 0.6) is 0 Å². The van der Waals surface area contributed by atoms with Crippen LogP contribution < -0.4 is 5.32 Å². The van der Waals surface area contributed by atoms with Crippen molar-refractivity contribution in [3.05, 3.63) is 18.2 Å². The highest BCUT2D eigenvalue weighted by Crippen LogP contribution is 2.30. The molecule has 1 saturated heterocycles. The molecule has 6 nitrogen and oxygen atoms in total. The van der Waals surface area contributed by atoms with Gasteiger partial charge in [-0.25, -0.2) is 4.98 Å². The first-order valence-electron chi connectivity index (χ1n) is 7.55. The molecule has 1 aromatic rings. The summed E-state index contributed by atoms with van der Waals surface area (Å²) in [7, 11) is 0. The van der Waals surface area contributed by atoms with Crippen LogP contribution in [0.2, 0.25) is 0 Å². The summed E-state index contributed by atoms with van der Waals surface area (Å²) in [4.78, 5) is 19.0. The molecule has 1 aromatic heterocycles. The molecule has 1 fully saturated rings. The minimum Gasteiger partial charge on any atom is -0.394 e. The van der Waals surface area contributed by atoms with E-state index in [9.17, 15) is 9.90 Å². The van der Waals surface area contributed by atoms with Gasteiger partial charge in [-0.2, -0.15) is 0 Å². The minimum absolute atomic E-state index is 0.0166. The fraction of sp³-hybridized carbons (Fsp3) is 0.733. The Kier molecular flexibility index (Phi) is 5.36. The van der Waals surface area contributed by atoms with Gasteiger partial charge in [0.25, 0.3) is 0 Å². The Bertz CT molecular complexity index is 449. The quantitative estimate of drug-likeness (QED) is 0.752. The zero-order valence-electron chi connectivity index (χ0n) is 12.9. The van der Waals surface area contributed by atoms with Gasteiger partial charge < -0.3 is 20.1 Å². The second-order valence-corrected chi connectivity index (χ2v) is 5.95. The van der Waals surface area contributed by atoms with Gasteiger partial charge in [-0.1, -0.05) is 13.8 Å². The standard InChI is InChI=1S/C15H25N3O3/c1-9-10(2)15(11(3)21-13(9)7-19)18-14(20)5-4-12-6-16-8-17-12/h6,8-11,13,15,19H,4-5,7H2,1-3H3,(H,16,17)(H,18,20). The highest BCUT2D eigenvalue weighted by Gasteiger charge is 2.39. The first kappa shape index (κ1) is 16.0. The fourth-order valence-corrected chi connectivity index (χ4v) is 2.96. The zero-order valence-corrected chi connectivity index (χ0v) is 12.9. The Labute approximate surface area is 125 Å². The Balaban J connectivity index is 1.87. The van der Waals surface area contributed by atoms with Crippen LogP contribution in [0.1, 0.15) is 32.9 Å². The summed E-state index contributed by atoms with van der Waals surface area (Å²) in [5.74, 6) is 0.498. The first-order valence-corrected chi connectivity index (χ1v) is 7.55. The van der Waals surface area contributed by atoms with Gasteiger partial charge >= 0.3 is 0 Å². The molecule has 0 bridgehead atoms. The molecule has 0 radical (unpaired) electrons. The van der Waals surface area contributed by atoms with Crippen LogP contribution >= 0.6 is 0 Å². The molecule has 1 aliphatic rings. The number of amides is 1. The van der Waals surface area contributed by atoms with E-state index >= 15 is 0 Å². The van der Waals surface area contributed by atoms with Gasteiger partial charge in [-0.05, 0) is 25.2 Å². The van der Waals surface area contributed by atoms with E-state index in [1.165, 1.54) is 0 Å². The van der Waals surface area contributed by atoms with Gasteiger partial charge in [-0.15, -0.1) is 0 Å². The van der Waals surface area contributed by atoms with Crippen molar-refractivity contribution >= 4 is 5.91 Å². The molecule has 5 atom stereocenters. The molecule has 0 aromatic carbocycles. The van der Waals surface area contributed by atoms with Gasteiger partial charge in [-0.3, -0.25) is 4.79 Å². The van der Waals surface area contributed by atoms with E-state index in [4.69, 9.17) is 4.74 Å². The van der Waals surface area contributed by atoms with Crippen LogP contribution in [0.15, 0.2) is 12.5 Å². The average molecular weight is 295 g/mol. The van der Waals surface area contributed by atoms with Crippen molar-refractivity contribution in [3.63, 3.8) is 0 Å². The van der Waals surface area contributed by atoms with E-state index in [2.05, 4.69) is 29.1 Å². The van der Waals surface area contributed by atoms with Crippen molar-refractivity contribution in [1.29, 1.82) is 0 Å². The SMILES string of the molecule is CC1OC(CO)C(C)C(C)C1NC(=O)CCc1cnc[nH]1. The van der Waals surface area contributed by atoms with Crippen molar-refractivity contribution in [2.75, 3.05) is 6.61 Å². The lowest BCUT2D eigenvalue weighted by Crippen LogP contribution is -2.56. The normalized spacial score (nSPS) is 32.9. The fourth-order valence-electron chi connectivity index (χ4n) is 2.96. The smallest absolute Gasteiger partial charge is 0.220 e. The van der Waals surface area contributed by atoms with Crippen LogP contribution in [0.25, 0.3) is 0 Å². The van der Waals surface area contributed by atoms with Crippen molar-refractivity contribution in [3.8, 4) is 0 Å². The third kappa shape index (κ3) is 3.83. The molecule has 21 heavy (non-hydrogen) atoms. The number of nitrogens with zero attached hydrogens (tertiary/aromatic N) is 1. The van der Waals surface area contributed by atoms with Gasteiger partial charge in [0, 0.05) is 18.3 Å². The maximum atomic E-state index is 12.1. The summed E-state index contributed by atoms with van der Waals surface area (Å²) in [5, 5.41) is 12.4. The van der Waals surface area contributed by atoms with Crippen LogP contribution in [-0.2, 0) is 16.0 Å². The number of hydrogen-bond acceptors (Lipinski definition) is 4. The number of hydrogen-bond donors (Lipinski definition) is 3. The Morgan fingerprint density at radius 1 is 1.43 bits per heavy atom. The number of aryl methyl sites for hydroxylation is 1. The van der Waals surface area contributed by atoms with Crippen LogP contribution in [0, 0.1) is 11.8 Å². The van der Waals surface area contributed by atoms with Crippen molar-refractivity contribution < 1.29 is 14.6 Å². The molecule has 0 spiro atoms. The number of carbonyl (C=O) groups is 1. The molecule has 118 valence electrons. The van der Waals surface area contributed by atoms with E-state index in [0.717, 1.165) is 5.69 Å². The molecule has 2 heterocycles. The van der Waals surface area contributed by atoms with Gasteiger partial charge in [0.1, 0.15) is 0 Å². The summed E-state index contributed by atoms with van der Waals surface area (Å²) >= 11 is 0. The molecule has 2 rings (SSSR count). The lowest BCUT2D eigenvalue weighted by molar-refractivity contribution is -0.141. The molecular weight excluding hydrogens is 270 g/mol. The first-order chi connectivity index (χ1) is 10.0. The van der Waals surface area contributed by atoms with Crippen molar-refractivity contribution in [1.82, 2.24) is 15.3 Å². The molecule has 6 heteroatoms. The number of aliphatic hydroxyl groups is 1. The summed E-state index contributed by atoms with van der Waals surface area (Å²) in [5.41, 5.74) is 0.958. The van der Waals surface area contributed by atoms with Gasteiger partial charge in [0.15, 0.2) is 0 Å². The molecule has 5 unspecified atom stereocenters. The highest BCUT2D eigenvalue weighted by molar-refractivity contribution is 5.76. The summed E-state index contributed by atoms with van der Waals surface area (Å²) in [6.07, 6.45) is 4.18. The maximum Gasteiger partial charge on any atom is 0.220 e. The summed E-state index contributed by atoms with van der Waals surface area (Å²) < 4.78 is 5.80. The minimum atomic E-state index is -0.145. The number of aromatic nitrogens is 2. The molecule has 1 amide bonds. The van der Waals surface area contributed by atoms with Gasteiger partial charge in [0.05, 0.1) is 31.2 Å². The number of aliphatic hydroxyl groups excluding tert-OH is 1. The number of rotatable bonds is 5. The summed E-state index contributed by atoms with van der Waals surface area (Å²) in [6.45, 7) is 6.13. The molecule has 1 aliphatic heterocycles. The third-order valence-electron chi connectivity index (χ3n) is 4.56. The van der Waals surface area contributed by atoms with Gasteiger partial charge in [0.2, 0.25) is 5.91 Å². The molecular formula is C15H25N3O3. The molecule has 0 saturated carbocycles. The number of aromatic amines is 1. The van der Waals surface area contributed by atoms with Crippen LogP contribution in [-0.4, -0.2) is 45.8 Å². The molecule has 0 aliphatic carbocycles. The van der Waals surface area contributed by atoms with E-state index in [-0.39, 0.29) is 42.6 Å². The lowest BCUT2D eigenvalue weighted by atomic mass is 9.80. The Morgan fingerprint density at radius 2 is 2.19 bits per heavy atom. The predicted octanol–water partition coefficient (Wildman–Crippen LogP) is 0.879. The topological polar surface area (TPSA) is 87.2 Å². The number of imidazole rings is 1. The Morgan fingerprint density at radius 3 is 2.81 bits per heavy atom. The predicted molar refractivity (Wildman–Crippen MR) is 78.6 cm³/mol. The monoisotopic (exact) mass is 295 g/mol. The average Bonchev–Trinajstić information content (AvgIpc) is 2.98. The van der Waals surface area contributed by atoms with Crippen LogP contribution in [0.3, 0.4) is 0 Å². The number of carbonyl (C=O) groups excluding carboxylic acids is 1. The maximum absolute atomic E-state index is 12.1. The zero-order chi connectivity index (χ0) is 15.4. The van der Waals surface area contributed by atoms with E-state index in [1.807, 2.05) is 6.92 Å². The lowest BCUT2D eigenvalue weighted by Gasteiger charge is -2.43. The third-order valence-corrected chi connectivity index (χ3v) is 4.56.